The van der Waals surface area contributed by atoms with E-state index < -0.39 is 0 Å². The van der Waals surface area contributed by atoms with E-state index in [0.29, 0.717) is 5.82 Å². The van der Waals surface area contributed by atoms with Gasteiger partial charge in [0.1, 0.15) is 12.4 Å². The molecule has 1 saturated heterocycles. The molecule has 0 aliphatic carbocycles. The molecule has 2 heterocycles. The highest BCUT2D eigenvalue weighted by atomic mass is 16.2. The lowest BCUT2D eigenvalue weighted by Gasteiger charge is -2.25. The van der Waals surface area contributed by atoms with Crippen LogP contribution in [0.4, 0.5) is 0 Å². The molecule has 1 aliphatic heterocycles. The normalized spacial score (nSPS) is 16.4. The van der Waals surface area contributed by atoms with Crippen LogP contribution in [0.25, 0.3) is 0 Å². The van der Waals surface area contributed by atoms with Crippen LogP contribution in [-0.2, 0) is 16.1 Å². The molecule has 1 N–H and O–H groups in total. The summed E-state index contributed by atoms with van der Waals surface area (Å²) in [5, 5.41) is 2.48. The van der Waals surface area contributed by atoms with Crippen molar-refractivity contribution in [1.82, 2.24) is 20.2 Å². The van der Waals surface area contributed by atoms with Gasteiger partial charge in [0.15, 0.2) is 0 Å². The third-order valence-electron chi connectivity index (χ3n) is 2.08. The maximum atomic E-state index is 11.4. The third-order valence-corrected chi connectivity index (χ3v) is 2.08. The van der Waals surface area contributed by atoms with E-state index in [0.717, 1.165) is 0 Å². The van der Waals surface area contributed by atoms with Gasteiger partial charge in [0.25, 0.3) is 0 Å². The standard InChI is InChI=1S/C9H10N4O2/c14-8-6-13(9(15)4-12-8)5-7-10-2-1-3-11-7/h1-3H,4-6H2,(H,12,14). The first-order valence-electron chi connectivity index (χ1n) is 4.56. The summed E-state index contributed by atoms with van der Waals surface area (Å²) in [6, 6.07) is 1.70. The first-order chi connectivity index (χ1) is 7.25. The average Bonchev–Trinajstić information content (AvgIpc) is 2.25. The lowest BCUT2D eigenvalue weighted by atomic mass is 10.3. The molecule has 1 aromatic heterocycles. The van der Waals surface area contributed by atoms with Crippen LogP contribution in [0.2, 0.25) is 0 Å². The minimum Gasteiger partial charge on any atom is -0.345 e. The molecule has 0 saturated carbocycles. The largest absolute Gasteiger partial charge is 0.345 e. The van der Waals surface area contributed by atoms with Gasteiger partial charge in [-0.3, -0.25) is 9.59 Å². The van der Waals surface area contributed by atoms with Gasteiger partial charge in [-0.1, -0.05) is 0 Å². The minimum atomic E-state index is -0.148. The Kier molecular flexibility index (Phi) is 2.57. The number of nitrogens with zero attached hydrogens (tertiary/aromatic N) is 3. The molecule has 6 nitrogen and oxygen atoms in total. The number of nitrogens with one attached hydrogen (secondary N) is 1. The number of carbonyl (C=O) groups is 2. The lowest BCUT2D eigenvalue weighted by Crippen LogP contribution is -2.51. The van der Waals surface area contributed by atoms with E-state index in [-0.39, 0.29) is 31.4 Å². The Hall–Kier alpha value is -1.98. The number of carbonyl (C=O) groups excluding carboxylic acids is 2. The van der Waals surface area contributed by atoms with Gasteiger partial charge in [-0.05, 0) is 6.07 Å². The highest BCUT2D eigenvalue weighted by Gasteiger charge is 2.23. The summed E-state index contributed by atoms with van der Waals surface area (Å²) in [4.78, 5) is 31.9. The smallest absolute Gasteiger partial charge is 0.242 e. The molecule has 0 aromatic carbocycles. The van der Waals surface area contributed by atoms with Crippen LogP contribution >= 0.6 is 0 Å². The van der Waals surface area contributed by atoms with Crippen molar-refractivity contribution in [3.05, 3.63) is 24.3 Å². The molecule has 15 heavy (non-hydrogen) atoms. The highest BCUT2D eigenvalue weighted by molar-refractivity contribution is 5.92. The van der Waals surface area contributed by atoms with E-state index in [1.54, 1.807) is 18.5 Å². The molecule has 0 bridgehead atoms. The number of hydrogen-bond donors (Lipinski definition) is 1. The van der Waals surface area contributed by atoms with Gasteiger partial charge in [0.05, 0.1) is 13.1 Å². The molecule has 6 heteroatoms. The summed E-state index contributed by atoms with van der Waals surface area (Å²) in [7, 11) is 0. The zero-order chi connectivity index (χ0) is 10.7. The van der Waals surface area contributed by atoms with Crippen LogP contribution in [0.1, 0.15) is 5.82 Å². The number of amides is 2. The Labute approximate surface area is 86.3 Å². The van der Waals surface area contributed by atoms with Crippen LogP contribution < -0.4 is 5.32 Å². The molecule has 78 valence electrons. The first-order valence-corrected chi connectivity index (χ1v) is 4.56. The second-order valence-electron chi connectivity index (χ2n) is 3.19. The number of hydrogen-bond acceptors (Lipinski definition) is 4. The fourth-order valence-corrected chi connectivity index (χ4v) is 1.33. The predicted octanol–water partition coefficient (Wildman–Crippen LogP) is -1.06. The Bertz CT molecular complexity index is 379. The van der Waals surface area contributed by atoms with Crippen molar-refractivity contribution in [2.75, 3.05) is 13.1 Å². The Balaban J connectivity index is 2.05. The van der Waals surface area contributed by atoms with E-state index >= 15 is 0 Å². The molecule has 0 spiro atoms. The summed E-state index contributed by atoms with van der Waals surface area (Å²) >= 11 is 0. The van der Waals surface area contributed by atoms with E-state index in [1.165, 1.54) is 4.90 Å². The molecular weight excluding hydrogens is 196 g/mol. The molecule has 0 unspecified atom stereocenters. The Morgan fingerprint density at radius 1 is 1.33 bits per heavy atom. The average molecular weight is 206 g/mol. The third kappa shape index (κ3) is 2.28. The Morgan fingerprint density at radius 2 is 2.07 bits per heavy atom. The van der Waals surface area contributed by atoms with Gasteiger partial charge >= 0.3 is 0 Å². The predicted molar refractivity (Wildman–Crippen MR) is 50.5 cm³/mol. The summed E-state index contributed by atoms with van der Waals surface area (Å²) in [6.45, 7) is 0.426. The van der Waals surface area contributed by atoms with Crippen molar-refractivity contribution >= 4 is 11.8 Å². The van der Waals surface area contributed by atoms with E-state index in [9.17, 15) is 9.59 Å². The first kappa shape index (κ1) is 9.57. The van der Waals surface area contributed by atoms with Gasteiger partial charge in [-0.15, -0.1) is 0 Å². The van der Waals surface area contributed by atoms with E-state index in [4.69, 9.17) is 0 Å². The minimum absolute atomic E-state index is 0.0612. The maximum absolute atomic E-state index is 11.4. The molecule has 1 aliphatic rings. The SMILES string of the molecule is O=C1CN(Cc2ncccn2)C(=O)CN1. The van der Waals surface area contributed by atoms with Crippen LogP contribution in [0, 0.1) is 0 Å². The van der Waals surface area contributed by atoms with Gasteiger partial charge < -0.3 is 10.2 Å². The van der Waals surface area contributed by atoms with Gasteiger partial charge in [-0.2, -0.15) is 0 Å². The number of rotatable bonds is 2. The topological polar surface area (TPSA) is 75.2 Å². The van der Waals surface area contributed by atoms with Crippen LogP contribution in [0.5, 0.6) is 0 Å². The van der Waals surface area contributed by atoms with E-state index in [1.807, 2.05) is 0 Å². The zero-order valence-electron chi connectivity index (χ0n) is 8.01. The highest BCUT2D eigenvalue weighted by Crippen LogP contribution is 2.01. The van der Waals surface area contributed by atoms with Gasteiger partial charge in [0, 0.05) is 12.4 Å². The molecular formula is C9H10N4O2. The van der Waals surface area contributed by atoms with Crippen LogP contribution in [0.3, 0.4) is 0 Å². The summed E-state index contributed by atoms with van der Waals surface area (Å²) in [5.74, 6) is 0.285. The van der Waals surface area contributed by atoms with Crippen molar-refractivity contribution in [3.8, 4) is 0 Å². The molecule has 2 rings (SSSR count). The summed E-state index contributed by atoms with van der Waals surface area (Å²) < 4.78 is 0. The lowest BCUT2D eigenvalue weighted by molar-refractivity contribution is -0.141. The van der Waals surface area contributed by atoms with E-state index in [2.05, 4.69) is 15.3 Å². The summed E-state index contributed by atoms with van der Waals surface area (Å²) in [6.07, 6.45) is 3.22. The van der Waals surface area contributed by atoms with Crippen LogP contribution in [-0.4, -0.2) is 39.8 Å². The zero-order valence-corrected chi connectivity index (χ0v) is 8.01. The fourth-order valence-electron chi connectivity index (χ4n) is 1.33. The van der Waals surface area contributed by atoms with Crippen LogP contribution in [0.15, 0.2) is 18.5 Å². The van der Waals surface area contributed by atoms with Crippen molar-refractivity contribution in [2.45, 2.75) is 6.54 Å². The second kappa shape index (κ2) is 4.04. The molecule has 2 amide bonds. The molecule has 1 fully saturated rings. The number of piperazine rings is 1. The second-order valence-corrected chi connectivity index (χ2v) is 3.19. The van der Waals surface area contributed by atoms with Gasteiger partial charge in [0.2, 0.25) is 11.8 Å². The maximum Gasteiger partial charge on any atom is 0.242 e. The molecule has 0 atom stereocenters. The number of aromatic nitrogens is 2. The monoisotopic (exact) mass is 206 g/mol. The van der Waals surface area contributed by atoms with Gasteiger partial charge in [-0.25, -0.2) is 9.97 Å². The van der Waals surface area contributed by atoms with Crippen molar-refractivity contribution in [2.24, 2.45) is 0 Å². The Morgan fingerprint density at radius 3 is 2.80 bits per heavy atom. The molecule has 1 aromatic rings. The summed E-state index contributed by atoms with van der Waals surface area (Å²) in [5.41, 5.74) is 0. The van der Waals surface area contributed by atoms with Crippen molar-refractivity contribution < 1.29 is 9.59 Å². The van der Waals surface area contributed by atoms with Crippen molar-refractivity contribution in [3.63, 3.8) is 0 Å². The van der Waals surface area contributed by atoms with Crippen molar-refractivity contribution in [1.29, 1.82) is 0 Å². The fraction of sp³-hybridized carbons (Fsp3) is 0.333. The molecule has 0 radical (unpaired) electrons. The quantitative estimate of drug-likeness (QED) is 0.669.